The number of non-ortho nitro benzene ring substituents is 1. The molecule has 3 aromatic heterocycles. The summed E-state index contributed by atoms with van der Waals surface area (Å²) in [5.41, 5.74) is 2.37. The molecule has 4 aromatic rings. The summed E-state index contributed by atoms with van der Waals surface area (Å²) in [6, 6.07) is 15.8. The van der Waals surface area contributed by atoms with E-state index in [9.17, 15) is 19.7 Å². The lowest BCUT2D eigenvalue weighted by atomic mass is 10.2. The molecule has 0 atom stereocenters. The number of nitro groups is 1. The number of amides is 1. The van der Waals surface area contributed by atoms with Gasteiger partial charge in [-0.1, -0.05) is 18.2 Å². The molecule has 0 fully saturated rings. The molecule has 0 aliphatic carbocycles. The third-order valence-electron chi connectivity index (χ3n) is 4.25. The minimum atomic E-state index is -0.655. The quantitative estimate of drug-likeness (QED) is 0.208. The van der Waals surface area contributed by atoms with Crippen molar-refractivity contribution in [1.29, 1.82) is 0 Å². The van der Waals surface area contributed by atoms with Crippen molar-refractivity contribution >= 4 is 35.2 Å². The van der Waals surface area contributed by atoms with Crippen molar-refractivity contribution in [3.05, 3.63) is 105 Å². The van der Waals surface area contributed by atoms with Crippen molar-refractivity contribution in [3.63, 3.8) is 0 Å². The highest BCUT2D eigenvalue weighted by Crippen LogP contribution is 2.25. The molecule has 1 aromatic carbocycles. The topological polar surface area (TPSA) is 132 Å². The fraction of sp³-hybridized carbons (Fsp3) is 0. The van der Waals surface area contributed by atoms with Crippen LogP contribution in [0.3, 0.4) is 0 Å². The number of benzene rings is 1. The first-order valence-corrected chi connectivity index (χ1v) is 10.0. The number of hydrazone groups is 1. The van der Waals surface area contributed by atoms with E-state index in [1.807, 2.05) is 6.07 Å². The third kappa shape index (κ3) is 4.52. The molecule has 0 radical (unpaired) electrons. The number of carbonyl (C=O) groups is 1. The van der Waals surface area contributed by atoms with Crippen LogP contribution >= 0.6 is 11.8 Å². The molecule has 0 spiro atoms. The van der Waals surface area contributed by atoms with Crippen LogP contribution in [-0.2, 0) is 0 Å². The summed E-state index contributed by atoms with van der Waals surface area (Å²) in [6.07, 6.45) is 4.41. The Hall–Kier alpha value is -4.38. The summed E-state index contributed by atoms with van der Waals surface area (Å²) in [5.74, 6) is -0.655. The highest BCUT2D eigenvalue weighted by atomic mass is 32.2. The molecule has 0 saturated heterocycles. The smallest absolute Gasteiger partial charge is 0.268 e. The van der Waals surface area contributed by atoms with E-state index in [0.717, 1.165) is 6.07 Å². The fourth-order valence-electron chi connectivity index (χ4n) is 2.76. The Morgan fingerprint density at radius 2 is 2.00 bits per heavy atom. The second kappa shape index (κ2) is 9.18. The van der Waals surface area contributed by atoms with Crippen LogP contribution in [0.2, 0.25) is 0 Å². The Balaban J connectivity index is 1.66. The highest BCUT2D eigenvalue weighted by Gasteiger charge is 2.14. The summed E-state index contributed by atoms with van der Waals surface area (Å²) in [4.78, 5) is 44.4. The average Bonchev–Trinajstić information content (AvgIpc) is 2.81. The molecule has 1 amide bonds. The number of pyridine rings is 2. The number of hydrogen-bond donors (Lipinski definition) is 1. The molecular formula is C21H14N6O4S. The van der Waals surface area contributed by atoms with Crippen LogP contribution < -0.4 is 11.0 Å². The normalized spacial score (nSPS) is 11.0. The van der Waals surface area contributed by atoms with E-state index in [2.05, 4.69) is 20.5 Å². The summed E-state index contributed by atoms with van der Waals surface area (Å²) >= 11 is 1.19. The van der Waals surface area contributed by atoms with Crippen LogP contribution in [0.1, 0.15) is 15.9 Å². The van der Waals surface area contributed by atoms with E-state index in [1.54, 1.807) is 42.7 Å². The maximum absolute atomic E-state index is 13.0. The van der Waals surface area contributed by atoms with E-state index in [0.29, 0.717) is 15.7 Å². The minimum Gasteiger partial charge on any atom is -0.268 e. The van der Waals surface area contributed by atoms with Crippen LogP contribution in [0, 0.1) is 10.1 Å². The van der Waals surface area contributed by atoms with Gasteiger partial charge in [-0.3, -0.25) is 24.1 Å². The van der Waals surface area contributed by atoms with Crippen molar-refractivity contribution in [2.45, 2.75) is 10.1 Å². The zero-order chi connectivity index (χ0) is 22.5. The Morgan fingerprint density at radius 3 is 2.78 bits per heavy atom. The van der Waals surface area contributed by atoms with Crippen molar-refractivity contribution in [2.75, 3.05) is 0 Å². The Morgan fingerprint density at radius 1 is 1.16 bits per heavy atom. The number of carbonyl (C=O) groups excluding carboxylic acids is 1. The molecule has 0 aliphatic heterocycles. The van der Waals surface area contributed by atoms with Gasteiger partial charge in [0.2, 0.25) is 0 Å². The number of aromatic nitrogens is 3. The number of nitrogens with zero attached hydrogens (tertiary/aromatic N) is 5. The Kier molecular flexibility index (Phi) is 5.99. The number of nitrogens with one attached hydrogen (secondary N) is 1. The van der Waals surface area contributed by atoms with Crippen molar-refractivity contribution < 1.29 is 9.72 Å². The SMILES string of the molecule is O=C(N/N=C/c1c(Sc2ccccn2)nc2ccccn2c1=O)c1cccc([N+](=O)[O-])c1. The Labute approximate surface area is 184 Å². The molecule has 0 bridgehead atoms. The maximum atomic E-state index is 13.0. The van der Waals surface area contributed by atoms with Crippen LogP contribution in [0.15, 0.2) is 93.0 Å². The molecule has 0 aliphatic rings. The molecule has 1 N–H and O–H groups in total. The number of fused-ring (bicyclic) bond motifs is 1. The van der Waals surface area contributed by atoms with Gasteiger partial charge in [-0.2, -0.15) is 5.10 Å². The first kappa shape index (κ1) is 20.9. The molecule has 4 rings (SSSR count). The van der Waals surface area contributed by atoms with Crippen molar-refractivity contribution in [2.24, 2.45) is 5.10 Å². The van der Waals surface area contributed by atoms with Gasteiger partial charge < -0.3 is 0 Å². The maximum Gasteiger partial charge on any atom is 0.271 e. The summed E-state index contributed by atoms with van der Waals surface area (Å²) < 4.78 is 1.37. The fourth-order valence-corrected chi connectivity index (χ4v) is 3.61. The van der Waals surface area contributed by atoms with Gasteiger partial charge in [0.25, 0.3) is 17.2 Å². The second-order valence-electron chi connectivity index (χ2n) is 6.34. The molecule has 0 unspecified atom stereocenters. The summed E-state index contributed by atoms with van der Waals surface area (Å²) in [6.45, 7) is 0. The number of hydrogen-bond acceptors (Lipinski definition) is 8. The van der Waals surface area contributed by atoms with Crippen LogP contribution in [0.25, 0.3) is 5.65 Å². The van der Waals surface area contributed by atoms with Crippen LogP contribution in [-0.4, -0.2) is 31.4 Å². The number of rotatable bonds is 6. The van der Waals surface area contributed by atoms with Crippen molar-refractivity contribution in [1.82, 2.24) is 19.8 Å². The minimum absolute atomic E-state index is 0.0628. The standard InChI is InChI=1S/C21H14N6O4S/c28-19(14-6-5-7-15(12-14)27(30)31)25-23-13-16-20(32-18-9-1-3-10-22-18)24-17-8-2-4-11-26(17)21(16)29/h1-13H,(H,25,28)/b23-13+. The Bertz CT molecular complexity index is 1400. The average molecular weight is 446 g/mol. The summed E-state index contributed by atoms with van der Waals surface area (Å²) in [5, 5.41) is 15.8. The largest absolute Gasteiger partial charge is 0.271 e. The van der Waals surface area contributed by atoms with E-state index < -0.39 is 10.8 Å². The lowest BCUT2D eigenvalue weighted by molar-refractivity contribution is -0.384. The van der Waals surface area contributed by atoms with Gasteiger partial charge in [-0.25, -0.2) is 15.4 Å². The lowest BCUT2D eigenvalue weighted by Gasteiger charge is -2.07. The first-order valence-electron chi connectivity index (χ1n) is 9.21. The highest BCUT2D eigenvalue weighted by molar-refractivity contribution is 7.99. The van der Waals surface area contributed by atoms with Gasteiger partial charge in [0.15, 0.2) is 0 Å². The van der Waals surface area contributed by atoms with Crippen LogP contribution in [0.4, 0.5) is 5.69 Å². The lowest BCUT2D eigenvalue weighted by Crippen LogP contribution is -2.23. The molecule has 32 heavy (non-hydrogen) atoms. The van der Waals surface area contributed by atoms with E-state index in [4.69, 9.17) is 0 Å². The van der Waals surface area contributed by atoms with Gasteiger partial charge in [0.1, 0.15) is 15.7 Å². The van der Waals surface area contributed by atoms with Crippen molar-refractivity contribution in [3.8, 4) is 0 Å². The van der Waals surface area contributed by atoms with Gasteiger partial charge in [-0.15, -0.1) is 0 Å². The molecule has 11 heteroatoms. The van der Waals surface area contributed by atoms with Gasteiger partial charge in [-0.05, 0) is 42.1 Å². The zero-order valence-corrected chi connectivity index (χ0v) is 17.1. The van der Waals surface area contributed by atoms with Gasteiger partial charge in [0, 0.05) is 30.1 Å². The molecule has 0 saturated carbocycles. The molecular weight excluding hydrogens is 432 g/mol. The van der Waals surface area contributed by atoms with Gasteiger partial charge in [0.05, 0.1) is 16.7 Å². The van der Waals surface area contributed by atoms with E-state index in [-0.39, 0.29) is 22.4 Å². The first-order chi connectivity index (χ1) is 15.5. The monoisotopic (exact) mass is 446 g/mol. The van der Waals surface area contributed by atoms with Crippen LogP contribution in [0.5, 0.6) is 0 Å². The molecule has 158 valence electrons. The zero-order valence-electron chi connectivity index (χ0n) is 16.3. The third-order valence-corrected chi connectivity index (χ3v) is 5.21. The second-order valence-corrected chi connectivity index (χ2v) is 7.35. The van der Waals surface area contributed by atoms with Gasteiger partial charge >= 0.3 is 0 Å². The van der Waals surface area contributed by atoms with E-state index in [1.165, 1.54) is 40.6 Å². The number of nitro benzene ring substituents is 1. The predicted molar refractivity (Wildman–Crippen MR) is 118 cm³/mol. The molecule has 3 heterocycles. The van der Waals surface area contributed by atoms with E-state index >= 15 is 0 Å². The molecule has 10 nitrogen and oxygen atoms in total. The predicted octanol–water partition coefficient (Wildman–Crippen LogP) is 2.91. The summed E-state index contributed by atoms with van der Waals surface area (Å²) in [7, 11) is 0.